The molecule has 0 radical (unpaired) electrons. The molecule has 1 saturated heterocycles. The van der Waals surface area contributed by atoms with Gasteiger partial charge >= 0.3 is 0 Å². The lowest BCUT2D eigenvalue weighted by Crippen LogP contribution is -2.34. The Morgan fingerprint density at radius 2 is 1.85 bits per heavy atom. The van der Waals surface area contributed by atoms with Crippen LogP contribution in [-0.4, -0.2) is 36.3 Å². The van der Waals surface area contributed by atoms with Gasteiger partial charge in [-0.25, -0.2) is 9.97 Å². The third-order valence-corrected chi connectivity index (χ3v) is 4.80. The van der Waals surface area contributed by atoms with Gasteiger partial charge in [0.2, 0.25) is 0 Å². The Bertz CT molecular complexity index is 877. The highest BCUT2D eigenvalue weighted by Gasteiger charge is 2.18. The van der Waals surface area contributed by atoms with Gasteiger partial charge in [-0.3, -0.25) is 0 Å². The van der Waals surface area contributed by atoms with Crippen LogP contribution in [0, 0.1) is 0 Å². The Labute approximate surface area is 153 Å². The van der Waals surface area contributed by atoms with Crippen molar-refractivity contribution in [3.05, 3.63) is 60.0 Å². The molecular weight excluding hydrogens is 326 g/mol. The van der Waals surface area contributed by atoms with Gasteiger partial charge in [0.25, 0.3) is 0 Å². The van der Waals surface area contributed by atoms with E-state index in [1.54, 1.807) is 13.4 Å². The van der Waals surface area contributed by atoms with Crippen molar-refractivity contribution < 1.29 is 9.47 Å². The zero-order valence-electron chi connectivity index (χ0n) is 14.9. The highest BCUT2D eigenvalue weighted by molar-refractivity contribution is 5.84. The highest BCUT2D eigenvalue weighted by Crippen LogP contribution is 2.34. The largest absolute Gasteiger partial charge is 0.493 e. The molecule has 0 atom stereocenters. The second kappa shape index (κ2) is 7.70. The Hall–Kier alpha value is -2.66. The molecule has 0 unspecified atom stereocenters. The van der Waals surface area contributed by atoms with Crippen LogP contribution in [0.5, 0.6) is 11.5 Å². The van der Waals surface area contributed by atoms with Gasteiger partial charge in [-0.05, 0) is 37.6 Å². The fraction of sp³-hybridized carbons (Fsp3) is 0.333. The van der Waals surface area contributed by atoms with E-state index in [1.165, 1.54) is 5.56 Å². The first-order valence-electron chi connectivity index (χ1n) is 9.06. The zero-order chi connectivity index (χ0) is 17.8. The summed E-state index contributed by atoms with van der Waals surface area (Å²) in [7, 11) is 1.67. The molecule has 1 aliphatic rings. The molecule has 0 saturated carbocycles. The van der Waals surface area contributed by atoms with Crippen molar-refractivity contribution in [3.8, 4) is 11.5 Å². The number of benzene rings is 2. The number of rotatable bonds is 5. The summed E-state index contributed by atoms with van der Waals surface area (Å²) in [6, 6.07) is 14.3. The average Bonchev–Trinajstić information content (AvgIpc) is 2.69. The van der Waals surface area contributed by atoms with Crippen LogP contribution in [0.25, 0.3) is 10.9 Å². The smallest absolute Gasteiger partial charge is 0.162 e. The van der Waals surface area contributed by atoms with Gasteiger partial charge in [0.05, 0.1) is 18.3 Å². The molecule has 1 aromatic heterocycles. The summed E-state index contributed by atoms with van der Waals surface area (Å²) < 4.78 is 11.8. The van der Waals surface area contributed by atoms with E-state index >= 15 is 0 Å². The number of hydrogen-bond acceptors (Lipinski definition) is 5. The van der Waals surface area contributed by atoms with E-state index in [1.807, 2.05) is 30.3 Å². The average molecular weight is 349 g/mol. The molecule has 0 amide bonds. The molecule has 134 valence electrons. The van der Waals surface area contributed by atoms with Crippen molar-refractivity contribution in [2.24, 2.45) is 0 Å². The van der Waals surface area contributed by atoms with Gasteiger partial charge in [0, 0.05) is 17.9 Å². The number of piperidine rings is 1. The van der Waals surface area contributed by atoms with E-state index in [4.69, 9.17) is 9.47 Å². The topological polar surface area (TPSA) is 56.3 Å². The first-order valence-corrected chi connectivity index (χ1v) is 9.06. The molecule has 0 spiro atoms. The maximum atomic E-state index is 6.27. The van der Waals surface area contributed by atoms with Crippen molar-refractivity contribution in [2.45, 2.75) is 25.4 Å². The molecule has 0 bridgehead atoms. The predicted octanol–water partition coefficient (Wildman–Crippen LogP) is 3.36. The molecule has 2 heterocycles. The molecule has 5 nitrogen and oxygen atoms in total. The second-order valence-corrected chi connectivity index (χ2v) is 6.57. The third-order valence-electron chi connectivity index (χ3n) is 4.80. The first kappa shape index (κ1) is 16.8. The molecule has 26 heavy (non-hydrogen) atoms. The van der Waals surface area contributed by atoms with Crippen LogP contribution in [0.3, 0.4) is 0 Å². The summed E-state index contributed by atoms with van der Waals surface area (Å²) in [6.45, 7) is 1.98. The number of aromatic nitrogens is 2. The minimum Gasteiger partial charge on any atom is -0.493 e. The van der Waals surface area contributed by atoms with Crippen LogP contribution in [0.15, 0.2) is 48.8 Å². The van der Waals surface area contributed by atoms with E-state index in [0.29, 0.717) is 0 Å². The standard InChI is InChI=1S/C21H23N3O2/c1-25-20-13-19-17(12-21(20)26-16-7-9-22-10-8-16)18(23-14-24-19)11-15-5-3-2-4-6-15/h2-6,12-14,16,22H,7-11H2,1H3. The maximum Gasteiger partial charge on any atom is 0.162 e. The first-order chi connectivity index (χ1) is 12.8. The minimum atomic E-state index is 0.213. The Morgan fingerprint density at radius 3 is 2.62 bits per heavy atom. The van der Waals surface area contributed by atoms with E-state index < -0.39 is 0 Å². The number of ether oxygens (including phenoxy) is 2. The Balaban J connectivity index is 1.70. The van der Waals surface area contributed by atoms with Crippen LogP contribution in [-0.2, 0) is 6.42 Å². The lowest BCUT2D eigenvalue weighted by Gasteiger charge is -2.25. The molecule has 4 rings (SSSR count). The van der Waals surface area contributed by atoms with Gasteiger partial charge < -0.3 is 14.8 Å². The number of nitrogens with one attached hydrogen (secondary N) is 1. The van der Waals surface area contributed by atoms with E-state index in [-0.39, 0.29) is 6.10 Å². The predicted molar refractivity (Wildman–Crippen MR) is 102 cm³/mol. The normalized spacial score (nSPS) is 15.1. The Kier molecular flexibility index (Phi) is 4.97. The molecule has 1 fully saturated rings. The summed E-state index contributed by atoms with van der Waals surface area (Å²) in [5.74, 6) is 1.50. The summed E-state index contributed by atoms with van der Waals surface area (Å²) >= 11 is 0. The number of methoxy groups -OCH3 is 1. The summed E-state index contributed by atoms with van der Waals surface area (Å²) in [5, 5.41) is 4.38. The van der Waals surface area contributed by atoms with Gasteiger partial charge in [0.1, 0.15) is 12.4 Å². The van der Waals surface area contributed by atoms with Crippen molar-refractivity contribution in [3.63, 3.8) is 0 Å². The fourth-order valence-corrected chi connectivity index (χ4v) is 3.39. The molecular formula is C21H23N3O2. The van der Waals surface area contributed by atoms with Crippen LogP contribution >= 0.6 is 0 Å². The molecule has 0 aliphatic carbocycles. The lowest BCUT2D eigenvalue weighted by molar-refractivity contribution is 0.157. The number of nitrogens with zero attached hydrogens (tertiary/aromatic N) is 2. The minimum absolute atomic E-state index is 0.213. The van der Waals surface area contributed by atoms with E-state index in [9.17, 15) is 0 Å². The quantitative estimate of drug-likeness (QED) is 0.765. The zero-order valence-corrected chi connectivity index (χ0v) is 14.9. The summed E-state index contributed by atoms with van der Waals surface area (Å²) in [4.78, 5) is 8.95. The van der Waals surface area contributed by atoms with Crippen LogP contribution in [0.1, 0.15) is 24.1 Å². The summed E-state index contributed by atoms with van der Waals surface area (Å²) in [5.41, 5.74) is 3.10. The van der Waals surface area contributed by atoms with Gasteiger partial charge in [0.15, 0.2) is 11.5 Å². The van der Waals surface area contributed by atoms with Crippen molar-refractivity contribution in [1.82, 2.24) is 15.3 Å². The van der Waals surface area contributed by atoms with Crippen LogP contribution in [0.4, 0.5) is 0 Å². The second-order valence-electron chi connectivity index (χ2n) is 6.57. The van der Waals surface area contributed by atoms with E-state index in [0.717, 1.165) is 60.4 Å². The number of hydrogen-bond donors (Lipinski definition) is 1. The van der Waals surface area contributed by atoms with Crippen LogP contribution < -0.4 is 14.8 Å². The van der Waals surface area contributed by atoms with Crippen molar-refractivity contribution >= 4 is 10.9 Å². The number of fused-ring (bicyclic) bond motifs is 1. The SMILES string of the molecule is COc1cc2ncnc(Cc3ccccc3)c2cc1OC1CCNCC1. The maximum absolute atomic E-state index is 6.27. The van der Waals surface area contributed by atoms with Crippen molar-refractivity contribution in [2.75, 3.05) is 20.2 Å². The molecule has 1 aliphatic heterocycles. The van der Waals surface area contributed by atoms with Gasteiger partial charge in [-0.2, -0.15) is 0 Å². The van der Waals surface area contributed by atoms with E-state index in [2.05, 4.69) is 27.4 Å². The van der Waals surface area contributed by atoms with Gasteiger partial charge in [-0.1, -0.05) is 30.3 Å². The van der Waals surface area contributed by atoms with Crippen LogP contribution in [0.2, 0.25) is 0 Å². The Morgan fingerprint density at radius 1 is 1.04 bits per heavy atom. The lowest BCUT2D eigenvalue weighted by atomic mass is 10.0. The highest BCUT2D eigenvalue weighted by atomic mass is 16.5. The monoisotopic (exact) mass is 349 g/mol. The summed E-state index contributed by atoms with van der Waals surface area (Å²) in [6.07, 6.45) is 4.60. The molecule has 3 aromatic rings. The molecule has 2 aromatic carbocycles. The fourth-order valence-electron chi connectivity index (χ4n) is 3.39. The van der Waals surface area contributed by atoms with Gasteiger partial charge in [-0.15, -0.1) is 0 Å². The van der Waals surface area contributed by atoms with Crippen molar-refractivity contribution in [1.29, 1.82) is 0 Å². The third kappa shape index (κ3) is 3.63. The molecule has 1 N–H and O–H groups in total. The molecule has 5 heteroatoms.